The van der Waals surface area contributed by atoms with Crippen molar-refractivity contribution >= 4 is 27.2 Å². The first-order valence-corrected chi connectivity index (χ1v) is 14.6. The zero-order valence-electron chi connectivity index (χ0n) is 22.9. The van der Waals surface area contributed by atoms with Gasteiger partial charge in [0.05, 0.1) is 18.5 Å². The molecule has 1 fully saturated rings. The van der Waals surface area contributed by atoms with Gasteiger partial charge in [-0.3, -0.25) is 9.10 Å². The highest BCUT2D eigenvalue weighted by Gasteiger charge is 2.32. The van der Waals surface area contributed by atoms with Gasteiger partial charge in [-0.25, -0.2) is 12.8 Å². The number of rotatable bonds is 10. The van der Waals surface area contributed by atoms with E-state index in [4.69, 9.17) is 4.74 Å². The third-order valence-corrected chi connectivity index (χ3v) is 9.00. The van der Waals surface area contributed by atoms with Crippen molar-refractivity contribution in [3.63, 3.8) is 0 Å². The largest absolute Gasteiger partial charge is 0.495 e. The maximum absolute atomic E-state index is 14.2. The lowest BCUT2D eigenvalue weighted by Crippen LogP contribution is -2.38. The molecule has 4 rings (SSSR count). The molecule has 7 nitrogen and oxygen atoms in total. The minimum Gasteiger partial charge on any atom is -0.495 e. The number of Topliss-reactive ketones (excluding diaryl/α,β-unsaturated/α-hetero) is 1. The molecule has 39 heavy (non-hydrogen) atoms. The Morgan fingerprint density at radius 3 is 2.31 bits per heavy atom. The first-order chi connectivity index (χ1) is 18.6. The van der Waals surface area contributed by atoms with Crippen LogP contribution in [-0.4, -0.2) is 59.9 Å². The van der Waals surface area contributed by atoms with Gasteiger partial charge in [-0.1, -0.05) is 18.2 Å². The van der Waals surface area contributed by atoms with Crippen LogP contribution in [0, 0.1) is 11.7 Å². The number of benzene rings is 3. The number of hydrogen-bond donors (Lipinski definition) is 0. The molecule has 0 amide bonds. The van der Waals surface area contributed by atoms with Crippen molar-refractivity contribution in [2.45, 2.75) is 31.2 Å². The number of halogens is 1. The molecule has 1 saturated heterocycles. The number of anilines is 2. The summed E-state index contributed by atoms with van der Waals surface area (Å²) in [5.74, 6) is -0.0922. The quantitative estimate of drug-likeness (QED) is 0.321. The van der Waals surface area contributed by atoms with Crippen molar-refractivity contribution in [3.8, 4) is 5.75 Å². The summed E-state index contributed by atoms with van der Waals surface area (Å²) in [5.41, 5.74) is 2.62. The number of ether oxygens (including phenoxy) is 1. The highest BCUT2D eigenvalue weighted by atomic mass is 32.2. The molecule has 0 aliphatic carbocycles. The molecule has 0 spiro atoms. The highest BCUT2D eigenvalue weighted by Crippen LogP contribution is 2.37. The normalized spacial score (nSPS) is 14.5. The van der Waals surface area contributed by atoms with E-state index in [1.807, 2.05) is 37.2 Å². The van der Waals surface area contributed by atoms with Gasteiger partial charge in [0.25, 0.3) is 10.0 Å². The molecule has 1 aliphatic heterocycles. The van der Waals surface area contributed by atoms with E-state index in [-0.39, 0.29) is 29.0 Å². The predicted octanol–water partition coefficient (Wildman–Crippen LogP) is 5.21. The van der Waals surface area contributed by atoms with Crippen LogP contribution in [0.15, 0.2) is 71.6 Å². The summed E-state index contributed by atoms with van der Waals surface area (Å²) in [7, 11) is 1.52. The molecule has 3 aromatic carbocycles. The molecule has 0 N–H and O–H groups in total. The summed E-state index contributed by atoms with van der Waals surface area (Å²) in [6.45, 7) is 3.77. The summed E-state index contributed by atoms with van der Waals surface area (Å²) >= 11 is 0. The maximum Gasteiger partial charge on any atom is 0.266 e. The van der Waals surface area contributed by atoms with Crippen LogP contribution >= 0.6 is 0 Å². The molecule has 0 unspecified atom stereocenters. The Balaban J connectivity index is 1.66. The minimum absolute atomic E-state index is 0.00261. The number of nitrogens with zero attached hydrogens (tertiary/aromatic N) is 3. The van der Waals surface area contributed by atoms with Crippen LogP contribution in [0.25, 0.3) is 0 Å². The number of sulfonamides is 1. The fraction of sp³-hybridized carbons (Fsp3) is 0.367. The molecule has 0 radical (unpaired) electrons. The van der Waals surface area contributed by atoms with Gasteiger partial charge in [-0.2, -0.15) is 0 Å². The Kier molecular flexibility index (Phi) is 8.92. The Morgan fingerprint density at radius 2 is 1.69 bits per heavy atom. The van der Waals surface area contributed by atoms with Gasteiger partial charge in [0, 0.05) is 37.7 Å². The lowest BCUT2D eigenvalue weighted by molar-refractivity contribution is 0.0900. The first kappa shape index (κ1) is 28.6. The Hall–Kier alpha value is -3.43. The van der Waals surface area contributed by atoms with E-state index in [2.05, 4.69) is 4.90 Å². The van der Waals surface area contributed by atoms with Crippen LogP contribution in [0.4, 0.5) is 15.8 Å². The van der Waals surface area contributed by atoms with Crippen molar-refractivity contribution in [2.24, 2.45) is 5.92 Å². The van der Waals surface area contributed by atoms with Gasteiger partial charge in [0.1, 0.15) is 16.5 Å². The monoisotopic (exact) mass is 553 g/mol. The predicted molar refractivity (Wildman–Crippen MR) is 153 cm³/mol. The van der Waals surface area contributed by atoms with E-state index in [9.17, 15) is 17.6 Å². The molecule has 208 valence electrons. The summed E-state index contributed by atoms with van der Waals surface area (Å²) in [6, 6.07) is 18.2. The number of methoxy groups -OCH3 is 1. The van der Waals surface area contributed by atoms with Gasteiger partial charge in [0.15, 0.2) is 5.78 Å². The van der Waals surface area contributed by atoms with Gasteiger partial charge in [0.2, 0.25) is 0 Å². The minimum atomic E-state index is -3.94. The fourth-order valence-electron chi connectivity index (χ4n) is 5.15. The molecule has 0 bridgehead atoms. The molecule has 0 atom stereocenters. The molecular formula is C30H36FN3O4S. The molecule has 1 heterocycles. The van der Waals surface area contributed by atoms with Crippen molar-refractivity contribution in [2.75, 3.05) is 50.0 Å². The molecule has 1 aliphatic rings. The SMILES string of the molecule is CCN(c1ccccc1OC)S(=O)(=O)c1ccc(CN(C)C)cc1N1CCC(C(=O)c2ccc(F)cc2)CC1. The van der Waals surface area contributed by atoms with Crippen molar-refractivity contribution < 1.29 is 22.3 Å². The van der Waals surface area contributed by atoms with Crippen LogP contribution in [0.5, 0.6) is 5.75 Å². The number of para-hydroxylation sites is 2. The lowest BCUT2D eigenvalue weighted by atomic mass is 9.88. The standard InChI is InChI=1S/C30H36FN3O4S/c1-5-34(26-8-6-7-9-28(26)38-4)39(36,37)29-15-10-22(21-32(2)3)20-27(29)33-18-16-24(17-19-33)30(35)23-11-13-25(31)14-12-23/h6-15,20,24H,5,16-19,21H2,1-4H3. The van der Waals surface area contributed by atoms with Crippen LogP contribution in [0.1, 0.15) is 35.7 Å². The molecule has 9 heteroatoms. The van der Waals surface area contributed by atoms with E-state index in [1.54, 1.807) is 31.2 Å². The van der Waals surface area contributed by atoms with Crippen LogP contribution in [0.3, 0.4) is 0 Å². The smallest absolute Gasteiger partial charge is 0.266 e. The average Bonchev–Trinajstić information content (AvgIpc) is 2.93. The second-order valence-electron chi connectivity index (χ2n) is 10.0. The van der Waals surface area contributed by atoms with Gasteiger partial charge >= 0.3 is 0 Å². The van der Waals surface area contributed by atoms with E-state index in [0.717, 1.165) is 5.56 Å². The lowest BCUT2D eigenvalue weighted by Gasteiger charge is -2.35. The van der Waals surface area contributed by atoms with Crippen LogP contribution in [-0.2, 0) is 16.6 Å². The molecule has 3 aromatic rings. The highest BCUT2D eigenvalue weighted by molar-refractivity contribution is 7.93. The Bertz CT molecular complexity index is 1400. The summed E-state index contributed by atoms with van der Waals surface area (Å²) < 4.78 is 48.5. The second kappa shape index (κ2) is 12.2. The zero-order valence-corrected chi connectivity index (χ0v) is 23.7. The van der Waals surface area contributed by atoms with Crippen molar-refractivity contribution in [1.82, 2.24) is 4.90 Å². The average molecular weight is 554 g/mol. The Labute approximate surface area is 230 Å². The van der Waals surface area contributed by atoms with E-state index in [0.29, 0.717) is 55.2 Å². The zero-order chi connectivity index (χ0) is 28.2. The number of piperidine rings is 1. The van der Waals surface area contributed by atoms with Crippen LogP contribution < -0.4 is 13.9 Å². The number of carbonyl (C=O) groups excluding carboxylic acids is 1. The third kappa shape index (κ3) is 6.25. The van der Waals surface area contributed by atoms with Crippen LogP contribution in [0.2, 0.25) is 0 Å². The van der Waals surface area contributed by atoms with Gasteiger partial charge < -0.3 is 14.5 Å². The van der Waals surface area contributed by atoms with Gasteiger partial charge in [-0.15, -0.1) is 0 Å². The molecule has 0 aromatic heterocycles. The van der Waals surface area contributed by atoms with Crippen molar-refractivity contribution in [1.29, 1.82) is 0 Å². The summed E-state index contributed by atoms with van der Waals surface area (Å²) in [4.78, 5) is 17.4. The second-order valence-corrected chi connectivity index (χ2v) is 11.8. The van der Waals surface area contributed by atoms with E-state index in [1.165, 1.54) is 35.7 Å². The molecular weight excluding hydrogens is 517 g/mol. The van der Waals surface area contributed by atoms with E-state index < -0.39 is 10.0 Å². The summed E-state index contributed by atoms with van der Waals surface area (Å²) in [5, 5.41) is 0. The first-order valence-electron chi connectivity index (χ1n) is 13.1. The van der Waals surface area contributed by atoms with Crippen molar-refractivity contribution in [3.05, 3.63) is 83.7 Å². The summed E-state index contributed by atoms with van der Waals surface area (Å²) in [6.07, 6.45) is 1.16. The number of ketones is 1. The van der Waals surface area contributed by atoms with Gasteiger partial charge in [-0.05, 0) is 88.0 Å². The number of hydrogen-bond acceptors (Lipinski definition) is 6. The molecule has 0 saturated carbocycles. The Morgan fingerprint density at radius 1 is 1.03 bits per heavy atom. The maximum atomic E-state index is 14.2. The topological polar surface area (TPSA) is 70.2 Å². The third-order valence-electron chi connectivity index (χ3n) is 7.07. The van der Waals surface area contributed by atoms with E-state index >= 15 is 0 Å². The number of carbonyl (C=O) groups is 1. The fourth-order valence-corrected chi connectivity index (χ4v) is 6.83.